The Labute approximate surface area is 178 Å². The van der Waals surface area contributed by atoms with E-state index in [1.807, 2.05) is 0 Å². The van der Waals surface area contributed by atoms with E-state index in [4.69, 9.17) is 0 Å². The molecule has 1 heterocycles. The van der Waals surface area contributed by atoms with Crippen molar-refractivity contribution in [3.8, 4) is 0 Å². The zero-order chi connectivity index (χ0) is 15.3. The van der Waals surface area contributed by atoms with Crippen molar-refractivity contribution in [3.63, 3.8) is 0 Å². The zero-order valence-electron chi connectivity index (χ0n) is 14.8. The third-order valence-electron chi connectivity index (χ3n) is 6.49. The molecule has 2 aliphatic rings. The molecule has 130 valence electrons. The first-order valence-electron chi connectivity index (χ1n) is 8.12. The van der Waals surface area contributed by atoms with Gasteiger partial charge in [-0.3, -0.25) is 0 Å². The predicted molar refractivity (Wildman–Crippen MR) is 90.1 cm³/mol. The van der Waals surface area contributed by atoms with Gasteiger partial charge in [0, 0.05) is 0 Å². The van der Waals surface area contributed by atoms with E-state index in [2.05, 4.69) is 78.5 Å². The molecule has 24 heavy (non-hydrogen) atoms. The number of hydrogen-bond acceptors (Lipinski definition) is 0. The van der Waals surface area contributed by atoms with Gasteiger partial charge in [-0.25, -0.2) is 0 Å². The van der Waals surface area contributed by atoms with Gasteiger partial charge in [0.15, 0.2) is 0 Å². The summed E-state index contributed by atoms with van der Waals surface area (Å²) in [6.45, 7) is 9.65. The van der Waals surface area contributed by atoms with Crippen molar-refractivity contribution >= 4 is 13.3 Å². The molecule has 1 aliphatic heterocycles. The van der Waals surface area contributed by atoms with Gasteiger partial charge in [0.1, 0.15) is 0 Å². The molecule has 1 aliphatic carbocycles. The normalized spacial score (nSPS) is 25.1. The first kappa shape index (κ1) is 24.5. The number of rotatable bonds is 2. The van der Waals surface area contributed by atoms with Crippen LogP contribution < -0.4 is 42.4 Å². The minimum absolute atomic E-state index is 0. The number of halogens is 3. The quantitative estimate of drug-likeness (QED) is 0.417. The van der Waals surface area contributed by atoms with Gasteiger partial charge in [0.25, 0.3) is 0 Å². The van der Waals surface area contributed by atoms with Crippen molar-refractivity contribution in [1.29, 1.82) is 0 Å². The molecule has 1 unspecified atom stereocenters. The fraction of sp³-hybridized carbons (Fsp3) is 0.474. The van der Waals surface area contributed by atoms with Gasteiger partial charge in [-0.05, 0) is 0 Å². The molecule has 5 heteroatoms. The second-order valence-corrected chi connectivity index (χ2v) is 12.6. The van der Waals surface area contributed by atoms with Crippen LogP contribution in [0.3, 0.4) is 0 Å². The van der Waals surface area contributed by atoms with E-state index in [9.17, 15) is 0 Å². The largest absolute Gasteiger partial charge is 1.00 e. The van der Waals surface area contributed by atoms with Gasteiger partial charge in [-0.1, -0.05) is 0 Å². The summed E-state index contributed by atoms with van der Waals surface area (Å²) in [7, 11) is -1.53. The Morgan fingerprint density at radius 2 is 1.38 bits per heavy atom. The van der Waals surface area contributed by atoms with Crippen molar-refractivity contribution in [2.75, 3.05) is 0 Å². The maximum atomic E-state index is 2.57. The molecule has 1 aromatic rings. The monoisotopic (exact) mass is 434 g/mol. The standard InChI is InChI=1S/C19H25Si.3ClH.Ti/c1-15-14-19(4,17(3)16(15)2)20(12-8-9-13-20)18-10-6-5-7-11-18;;;;/h5-7,10-11H,8-9,12-13H2,1-4H3;3*1H;/q;;;;+3/p-3. The average molecular weight is 436 g/mol. The van der Waals surface area contributed by atoms with Crippen molar-refractivity contribution in [3.05, 3.63) is 50.9 Å². The Morgan fingerprint density at radius 1 is 0.875 bits per heavy atom. The second-order valence-electron chi connectivity index (χ2n) is 7.03. The van der Waals surface area contributed by atoms with Crippen LogP contribution in [0.4, 0.5) is 0 Å². The van der Waals surface area contributed by atoms with Crippen LogP contribution in [0.1, 0.15) is 40.5 Å². The van der Waals surface area contributed by atoms with Gasteiger partial charge < -0.3 is 37.2 Å². The van der Waals surface area contributed by atoms with Gasteiger partial charge >= 0.3 is 142 Å². The Morgan fingerprint density at radius 3 is 1.79 bits per heavy atom. The smallest absolute Gasteiger partial charge is 1.00 e. The van der Waals surface area contributed by atoms with E-state index in [0.29, 0.717) is 5.04 Å². The molecule has 0 radical (unpaired) electrons. The number of hydrogen-bond donors (Lipinski definition) is 0. The van der Waals surface area contributed by atoms with E-state index in [1.165, 1.54) is 24.9 Å². The molecule has 0 aromatic heterocycles. The topological polar surface area (TPSA) is 0 Å². The summed E-state index contributed by atoms with van der Waals surface area (Å²) in [6.07, 6.45) is 2.85. The number of benzene rings is 1. The van der Waals surface area contributed by atoms with E-state index in [1.54, 1.807) is 25.8 Å². The molecule has 1 saturated heterocycles. The molecular weight excluding hydrogens is 411 g/mol. The Hall–Kier alpha value is 0.501. The molecule has 0 nitrogen and oxygen atoms in total. The molecule has 1 atom stereocenters. The summed E-state index contributed by atoms with van der Waals surface area (Å²) >= 11 is 2.41. The summed E-state index contributed by atoms with van der Waals surface area (Å²) in [4.78, 5) is 0. The molecule has 3 rings (SSSR count). The van der Waals surface area contributed by atoms with Crippen molar-refractivity contribution < 1.29 is 57.7 Å². The second kappa shape index (κ2) is 8.93. The third kappa shape index (κ3) is 3.26. The maximum absolute atomic E-state index is 2.57. The Kier molecular flexibility index (Phi) is 9.12. The Balaban J connectivity index is 0.00000176. The molecule has 1 aromatic carbocycles. The molecule has 0 N–H and O–H groups in total. The van der Waals surface area contributed by atoms with Crippen LogP contribution in [-0.2, 0) is 20.4 Å². The third-order valence-corrected chi connectivity index (χ3v) is 14.6. The fourth-order valence-electron chi connectivity index (χ4n) is 4.82. The summed E-state index contributed by atoms with van der Waals surface area (Å²) in [5.74, 6) is 0. The SMILES string of the molecule is CC1=C(C)C(C)([Si]2(c3ccccc3)CCCC2)[C]([Ti+3])=C1C.[Cl-].[Cl-].[Cl-]. The van der Waals surface area contributed by atoms with E-state index >= 15 is 0 Å². The summed E-state index contributed by atoms with van der Waals surface area (Å²) in [5, 5.41) is 2.02. The average Bonchev–Trinajstić information content (AvgIpc) is 3.07. The minimum Gasteiger partial charge on any atom is -1.00 e. The Bertz CT molecular complexity index is 607. The first-order chi connectivity index (χ1) is 9.95. The summed E-state index contributed by atoms with van der Waals surface area (Å²) in [5.41, 5.74) is 4.78. The van der Waals surface area contributed by atoms with Gasteiger partial charge in [-0.15, -0.1) is 0 Å². The molecule has 0 saturated carbocycles. The van der Waals surface area contributed by atoms with Crippen LogP contribution in [0.25, 0.3) is 0 Å². The van der Waals surface area contributed by atoms with Crippen molar-refractivity contribution in [2.24, 2.45) is 0 Å². The fourth-order valence-corrected chi connectivity index (χ4v) is 13.0. The molecule has 0 amide bonds. The predicted octanol–water partition coefficient (Wildman–Crippen LogP) is -3.92. The molecule has 1 fully saturated rings. The summed E-state index contributed by atoms with van der Waals surface area (Å²) in [6, 6.07) is 14.4. The van der Waals surface area contributed by atoms with Crippen molar-refractivity contribution in [1.82, 2.24) is 0 Å². The van der Waals surface area contributed by atoms with Crippen LogP contribution in [-0.4, -0.2) is 8.07 Å². The van der Waals surface area contributed by atoms with E-state index in [-0.39, 0.29) is 37.2 Å². The molecule has 0 bridgehead atoms. The van der Waals surface area contributed by atoms with Crippen LogP contribution in [0.5, 0.6) is 0 Å². The van der Waals surface area contributed by atoms with E-state index in [0.717, 1.165) is 0 Å². The van der Waals surface area contributed by atoms with Crippen molar-refractivity contribution in [2.45, 2.75) is 57.7 Å². The minimum atomic E-state index is -1.53. The van der Waals surface area contributed by atoms with Crippen LogP contribution >= 0.6 is 0 Å². The maximum Gasteiger partial charge on any atom is -1.00 e. The number of allylic oxidation sites excluding steroid dienone is 4. The van der Waals surface area contributed by atoms with Gasteiger partial charge in [0.05, 0.1) is 0 Å². The molecular formula is C19H25Cl3SiTi. The van der Waals surface area contributed by atoms with Gasteiger partial charge in [-0.2, -0.15) is 0 Å². The van der Waals surface area contributed by atoms with Crippen LogP contribution in [0.2, 0.25) is 17.1 Å². The molecule has 0 spiro atoms. The van der Waals surface area contributed by atoms with Crippen LogP contribution in [0.15, 0.2) is 50.9 Å². The van der Waals surface area contributed by atoms with Gasteiger partial charge in [0.2, 0.25) is 0 Å². The van der Waals surface area contributed by atoms with Crippen LogP contribution in [0, 0.1) is 0 Å². The zero-order valence-corrected chi connectivity index (χ0v) is 19.7. The summed E-state index contributed by atoms with van der Waals surface area (Å²) < 4.78 is 1.66. The van der Waals surface area contributed by atoms with E-state index < -0.39 is 8.07 Å². The first-order valence-corrected chi connectivity index (χ1v) is 11.3.